The predicted molar refractivity (Wildman–Crippen MR) is 375 cm³/mol. The summed E-state index contributed by atoms with van der Waals surface area (Å²) in [5, 5.41) is 0. The van der Waals surface area contributed by atoms with Crippen molar-refractivity contribution in [2.75, 3.05) is 0 Å². The number of rotatable bonds is 0. The van der Waals surface area contributed by atoms with E-state index in [-0.39, 0.29) is 49.7 Å². The van der Waals surface area contributed by atoms with Crippen LogP contribution in [0.3, 0.4) is 0 Å². The van der Waals surface area contributed by atoms with Crippen molar-refractivity contribution in [1.82, 2.24) is 15.0 Å². The van der Waals surface area contributed by atoms with E-state index < -0.39 is 11.6 Å². The molecule has 0 amide bonds. The third kappa shape index (κ3) is 37.2. The molecule has 0 spiro atoms. The maximum atomic E-state index is 13.4. The summed E-state index contributed by atoms with van der Waals surface area (Å²) in [7, 11) is 0. The minimum atomic E-state index is -0.468. The lowest BCUT2D eigenvalue weighted by Crippen LogP contribution is -2.13. The maximum Gasteiger partial charge on any atom is 0.144 e. The van der Waals surface area contributed by atoms with Crippen LogP contribution in [0.4, 0.5) is 17.6 Å². The second-order valence-corrected chi connectivity index (χ2v) is 25.9. The topological polar surface area (TPSA) is 38.7 Å². The van der Waals surface area contributed by atoms with Crippen molar-refractivity contribution in [3.05, 3.63) is 192 Å². The molecule has 0 radical (unpaired) electrons. The Morgan fingerprint density at radius 2 is 0.588 bits per heavy atom. The molecule has 7 heteroatoms. The predicted octanol–water partition coefficient (Wildman–Crippen LogP) is 25.6. The minimum Gasteiger partial charge on any atom is -0.261 e. The van der Waals surface area contributed by atoms with Gasteiger partial charge in [-0.15, -0.1) is 0 Å². The summed E-state index contributed by atoms with van der Waals surface area (Å²) in [6.45, 7) is 79.5. The molecule has 85 heavy (non-hydrogen) atoms. The van der Waals surface area contributed by atoms with Crippen LogP contribution in [0.25, 0.3) is 0 Å². The lowest BCUT2D eigenvalue weighted by Gasteiger charge is -2.20. The van der Waals surface area contributed by atoms with Crippen molar-refractivity contribution < 1.29 is 17.6 Å². The fourth-order valence-electron chi connectivity index (χ4n) is 6.40. The molecule has 0 aliphatic rings. The molecule has 6 aromatic rings. The molecule has 6 rings (SSSR count). The molecule has 0 aliphatic carbocycles. The van der Waals surface area contributed by atoms with Crippen LogP contribution in [-0.2, 0) is 32.5 Å². The molecule has 0 bridgehead atoms. The largest absolute Gasteiger partial charge is 0.261 e. The molecule has 0 fully saturated rings. The Morgan fingerprint density at radius 1 is 0.259 bits per heavy atom. The molecule has 0 saturated carbocycles. The van der Waals surface area contributed by atoms with E-state index in [1.54, 1.807) is 25.3 Å². The summed E-state index contributed by atoms with van der Waals surface area (Å²) in [6, 6.07) is 21.2. The van der Waals surface area contributed by atoms with Gasteiger partial charge in [0.2, 0.25) is 0 Å². The van der Waals surface area contributed by atoms with Crippen LogP contribution in [0, 0.1) is 85.6 Å². The molecule has 486 valence electrons. The van der Waals surface area contributed by atoms with Crippen LogP contribution in [0.5, 0.6) is 0 Å². The smallest absolute Gasteiger partial charge is 0.144 e. The number of halogens is 4. The van der Waals surface area contributed by atoms with Crippen molar-refractivity contribution in [2.45, 2.75) is 303 Å². The fraction of sp³-hybridized carbons (Fsp3) is 0.577. The molecule has 3 nitrogen and oxygen atoms in total. The van der Waals surface area contributed by atoms with Gasteiger partial charge in [-0.1, -0.05) is 238 Å². The lowest BCUT2D eigenvalue weighted by molar-refractivity contribution is 0.536. The molecular weight excluding hydrogens is 1050 g/mol. The molecule has 0 atom stereocenters. The second-order valence-electron chi connectivity index (χ2n) is 25.9. The molecule has 0 unspecified atom stereocenters. The van der Waals surface area contributed by atoms with Crippen molar-refractivity contribution in [3.8, 4) is 0 Å². The van der Waals surface area contributed by atoms with Crippen LogP contribution >= 0.6 is 0 Å². The Hall–Kier alpha value is -5.17. The van der Waals surface area contributed by atoms with E-state index in [1.165, 1.54) is 58.1 Å². The van der Waals surface area contributed by atoms with E-state index in [9.17, 15) is 17.6 Å². The number of hydrogen-bond donors (Lipinski definition) is 0. The summed E-state index contributed by atoms with van der Waals surface area (Å²) >= 11 is 0. The number of hydrogen-bond acceptors (Lipinski definition) is 3. The number of pyridine rings is 3. The number of nitrogens with zero attached hydrogens (tertiary/aromatic N) is 3. The Bertz CT molecular complexity index is 2430. The van der Waals surface area contributed by atoms with Crippen LogP contribution in [0.15, 0.2) is 85.3 Å². The second kappa shape index (κ2) is 43.5. The number of aromatic nitrogens is 3. The summed E-state index contributed by atoms with van der Waals surface area (Å²) in [4.78, 5) is 12.6. The summed E-state index contributed by atoms with van der Waals surface area (Å²) in [6.07, 6.45) is 5.64. The van der Waals surface area contributed by atoms with Gasteiger partial charge in [0.05, 0.1) is 5.69 Å². The van der Waals surface area contributed by atoms with Crippen LogP contribution in [-0.4, -0.2) is 15.0 Å². The Morgan fingerprint density at radius 3 is 0.906 bits per heavy atom. The van der Waals surface area contributed by atoms with E-state index in [4.69, 9.17) is 0 Å². The first-order chi connectivity index (χ1) is 38.9. The van der Waals surface area contributed by atoms with E-state index in [2.05, 4.69) is 168 Å². The van der Waals surface area contributed by atoms with Gasteiger partial charge in [0.15, 0.2) is 0 Å². The van der Waals surface area contributed by atoms with Gasteiger partial charge in [0.1, 0.15) is 23.3 Å². The normalized spacial score (nSPS) is 10.5. The van der Waals surface area contributed by atoms with Crippen LogP contribution < -0.4 is 0 Å². The molecule has 3 aromatic carbocycles. The molecule has 3 heterocycles. The standard InChI is InChI=1S/C12H17F.C12H18.C11H14F2.C11H17N.C10H14FN.C10H15N.6C2H6/c1-8-6-10(12(3,4)5)7-11(13)9(8)2;1-9-6-7-11(8-10(9)2)12(3,4)5;1-7-9(12)5-8(6-10(7)13)11(2,3)4;1-8-6-10(11(3,4)5)12-7-9(8)2;1-7-9(11)5-8(6-12-7)10(2,3)4;1-8-5-6-9(7-11-8)10(2,3)4;6*1-2/h6-7H,1-5H3;6-8H,1-5H3;5-6H,1-4H3;6-7H,1-5H3;5-6H,1-4H3;5-7H,1-4H3;6*1-2H3. The summed E-state index contributed by atoms with van der Waals surface area (Å²) in [5.41, 5.74) is 15.8. The first-order valence-electron chi connectivity index (χ1n) is 31.7. The van der Waals surface area contributed by atoms with Crippen LogP contribution in [0.1, 0.15) is 292 Å². The zero-order chi connectivity index (χ0) is 69.0. The van der Waals surface area contributed by atoms with E-state index in [0.717, 1.165) is 27.9 Å². The Kier molecular flexibility index (Phi) is 46.5. The zero-order valence-corrected chi connectivity index (χ0v) is 62.4. The van der Waals surface area contributed by atoms with E-state index in [0.29, 0.717) is 11.3 Å². The highest BCUT2D eigenvalue weighted by molar-refractivity contribution is 5.36. The third-order valence-electron chi connectivity index (χ3n) is 12.8. The van der Waals surface area contributed by atoms with Gasteiger partial charge >= 0.3 is 0 Å². The van der Waals surface area contributed by atoms with Gasteiger partial charge < -0.3 is 0 Å². The monoisotopic (exact) mass is 1190 g/mol. The first-order valence-corrected chi connectivity index (χ1v) is 31.7. The molecule has 0 saturated heterocycles. The average Bonchev–Trinajstić information content (AvgIpc) is 3.51. The van der Waals surface area contributed by atoms with Gasteiger partial charge in [0, 0.05) is 41.0 Å². The van der Waals surface area contributed by atoms with E-state index in [1.807, 2.05) is 158 Å². The third-order valence-corrected chi connectivity index (χ3v) is 12.8. The van der Waals surface area contributed by atoms with Crippen molar-refractivity contribution in [1.29, 1.82) is 0 Å². The number of aryl methyl sites for hydroxylation is 7. The minimum absolute atomic E-state index is 0.0263. The Labute approximate surface area is 525 Å². The molecule has 0 N–H and O–H groups in total. The van der Waals surface area contributed by atoms with Gasteiger partial charge in [0.25, 0.3) is 0 Å². The highest BCUT2D eigenvalue weighted by Crippen LogP contribution is 2.29. The fourth-order valence-corrected chi connectivity index (χ4v) is 6.40. The summed E-state index contributed by atoms with van der Waals surface area (Å²) in [5.74, 6) is -1.25. The zero-order valence-electron chi connectivity index (χ0n) is 62.4. The molecule has 3 aromatic heterocycles. The summed E-state index contributed by atoms with van der Waals surface area (Å²) < 4.78 is 52.7. The van der Waals surface area contributed by atoms with Crippen molar-refractivity contribution >= 4 is 0 Å². The Balaban J connectivity index is -0.000000212. The van der Waals surface area contributed by atoms with Gasteiger partial charge in [-0.2, -0.15) is 0 Å². The van der Waals surface area contributed by atoms with Crippen molar-refractivity contribution in [3.63, 3.8) is 0 Å². The van der Waals surface area contributed by atoms with Gasteiger partial charge in [-0.25, -0.2) is 17.6 Å². The highest BCUT2D eigenvalue weighted by atomic mass is 19.1. The van der Waals surface area contributed by atoms with Gasteiger partial charge in [-0.3, -0.25) is 15.0 Å². The van der Waals surface area contributed by atoms with E-state index >= 15 is 0 Å². The first kappa shape index (κ1) is 91.0. The quantitative estimate of drug-likeness (QED) is 0.142. The number of benzene rings is 3. The SMILES string of the molecule is CC.CC.CC.CC.CC.CC.Cc1c(F)cc(C(C)(C)C)cc1F.Cc1cc(C(C)(C)C)cc(F)c1C.Cc1ccc(C(C)(C)C)cc1C.Cc1ccc(C(C)(C)C)cn1.Cc1cnc(C(C)(C)C)cc1C.Cc1ncc(C(C)(C)C)cc1F. The lowest BCUT2D eigenvalue weighted by atomic mass is 9.85. The van der Waals surface area contributed by atoms with Crippen molar-refractivity contribution in [2.24, 2.45) is 0 Å². The average molecular weight is 1190 g/mol. The molecular formula is C78H131F4N3. The van der Waals surface area contributed by atoms with Crippen LogP contribution in [0.2, 0.25) is 0 Å². The highest BCUT2D eigenvalue weighted by Gasteiger charge is 2.20. The molecule has 0 aliphatic heterocycles. The van der Waals surface area contributed by atoms with Gasteiger partial charge in [-0.05, 0) is 187 Å². The maximum absolute atomic E-state index is 13.4.